The Kier molecular flexibility index (Phi) is 2.37. The van der Waals surface area contributed by atoms with Crippen molar-refractivity contribution >= 4 is 16.9 Å². The number of aryl methyl sites for hydroxylation is 1. The summed E-state index contributed by atoms with van der Waals surface area (Å²) in [7, 11) is 0. The van der Waals surface area contributed by atoms with Crippen molar-refractivity contribution in [3.05, 3.63) is 35.0 Å². The highest BCUT2D eigenvalue weighted by molar-refractivity contribution is 5.97. The van der Waals surface area contributed by atoms with Crippen molar-refractivity contribution < 1.29 is 9.90 Å². The van der Waals surface area contributed by atoms with Crippen molar-refractivity contribution in [1.29, 1.82) is 5.26 Å². The fourth-order valence-electron chi connectivity index (χ4n) is 1.87. The van der Waals surface area contributed by atoms with Crippen LogP contribution in [0.25, 0.3) is 10.9 Å². The van der Waals surface area contributed by atoms with E-state index in [2.05, 4.69) is 4.98 Å². The molecule has 2 N–H and O–H groups in total. The van der Waals surface area contributed by atoms with Crippen LogP contribution in [0.3, 0.4) is 0 Å². The maximum atomic E-state index is 11.0. The van der Waals surface area contributed by atoms with Gasteiger partial charge in [-0.2, -0.15) is 5.26 Å². The number of benzene rings is 1. The maximum Gasteiger partial charge on any atom is 0.352 e. The van der Waals surface area contributed by atoms with Crippen LogP contribution in [0.5, 0.6) is 0 Å². The Hall–Kier alpha value is -2.28. The maximum absolute atomic E-state index is 11.0. The van der Waals surface area contributed by atoms with Crippen LogP contribution in [0.15, 0.2) is 18.2 Å². The zero-order chi connectivity index (χ0) is 11.7. The summed E-state index contributed by atoms with van der Waals surface area (Å²) < 4.78 is 0. The van der Waals surface area contributed by atoms with E-state index < -0.39 is 5.97 Å². The molecule has 0 saturated heterocycles. The first-order valence-electron chi connectivity index (χ1n) is 4.95. The second-order valence-corrected chi connectivity index (χ2v) is 3.51. The number of H-pyrrole nitrogens is 1. The highest BCUT2D eigenvalue weighted by Crippen LogP contribution is 2.24. The summed E-state index contributed by atoms with van der Waals surface area (Å²) in [5.74, 6) is -0.966. The van der Waals surface area contributed by atoms with Crippen LogP contribution >= 0.6 is 0 Å². The Bertz CT molecular complexity index is 605. The van der Waals surface area contributed by atoms with Gasteiger partial charge in [-0.25, -0.2) is 4.79 Å². The highest BCUT2D eigenvalue weighted by Gasteiger charge is 2.15. The molecule has 80 valence electrons. The number of aromatic carboxylic acids is 1. The summed E-state index contributed by atoms with van der Waals surface area (Å²) in [5.41, 5.74) is 2.22. The molecule has 1 aromatic carbocycles. The van der Waals surface area contributed by atoms with Crippen molar-refractivity contribution in [3.8, 4) is 6.07 Å². The second kappa shape index (κ2) is 3.70. The van der Waals surface area contributed by atoms with E-state index in [1.54, 1.807) is 18.2 Å². The standard InChI is InChI=1S/C12H10N2O2/c1-2-8-9-4-3-7(6-13)5-10(9)14-11(8)12(15)16/h3-5,14H,2H2,1H3,(H,15,16). The minimum absolute atomic E-state index is 0.215. The minimum Gasteiger partial charge on any atom is -0.477 e. The van der Waals surface area contributed by atoms with Gasteiger partial charge in [-0.15, -0.1) is 0 Å². The number of aromatic amines is 1. The van der Waals surface area contributed by atoms with Gasteiger partial charge in [0.15, 0.2) is 0 Å². The third kappa shape index (κ3) is 1.43. The number of carbonyl (C=O) groups is 1. The Morgan fingerprint density at radius 3 is 2.88 bits per heavy atom. The molecule has 0 aliphatic carbocycles. The number of hydrogen-bond acceptors (Lipinski definition) is 2. The van der Waals surface area contributed by atoms with Crippen LogP contribution in [-0.4, -0.2) is 16.1 Å². The number of nitriles is 1. The van der Waals surface area contributed by atoms with Crippen molar-refractivity contribution in [3.63, 3.8) is 0 Å². The monoisotopic (exact) mass is 214 g/mol. The number of fused-ring (bicyclic) bond motifs is 1. The summed E-state index contributed by atoms with van der Waals surface area (Å²) in [6, 6.07) is 7.18. The zero-order valence-electron chi connectivity index (χ0n) is 8.74. The molecule has 4 nitrogen and oxygen atoms in total. The largest absolute Gasteiger partial charge is 0.477 e. The van der Waals surface area contributed by atoms with Gasteiger partial charge >= 0.3 is 5.97 Å². The molecule has 0 bridgehead atoms. The molecule has 0 aliphatic rings. The van der Waals surface area contributed by atoms with Gasteiger partial charge in [0.2, 0.25) is 0 Å². The van der Waals surface area contributed by atoms with Crippen molar-refractivity contribution in [2.24, 2.45) is 0 Å². The fourth-order valence-corrected chi connectivity index (χ4v) is 1.87. The third-order valence-corrected chi connectivity index (χ3v) is 2.60. The molecule has 0 aliphatic heterocycles. The Morgan fingerprint density at radius 2 is 2.31 bits per heavy atom. The molecule has 0 atom stereocenters. The van der Waals surface area contributed by atoms with E-state index in [9.17, 15) is 4.79 Å². The number of rotatable bonds is 2. The summed E-state index contributed by atoms with van der Waals surface area (Å²) in [5, 5.41) is 18.7. The summed E-state index contributed by atoms with van der Waals surface area (Å²) in [6.07, 6.45) is 0.646. The van der Waals surface area contributed by atoms with E-state index in [0.29, 0.717) is 17.5 Å². The van der Waals surface area contributed by atoms with Gasteiger partial charge in [-0.1, -0.05) is 13.0 Å². The van der Waals surface area contributed by atoms with Crippen molar-refractivity contribution in [2.45, 2.75) is 13.3 Å². The minimum atomic E-state index is -0.966. The number of nitrogens with zero attached hydrogens (tertiary/aromatic N) is 1. The topological polar surface area (TPSA) is 76.9 Å². The van der Waals surface area contributed by atoms with Gasteiger partial charge < -0.3 is 10.1 Å². The summed E-state index contributed by atoms with van der Waals surface area (Å²) in [4.78, 5) is 13.8. The van der Waals surface area contributed by atoms with Crippen molar-refractivity contribution in [1.82, 2.24) is 4.98 Å². The summed E-state index contributed by atoms with van der Waals surface area (Å²) in [6.45, 7) is 1.91. The Morgan fingerprint density at radius 1 is 1.56 bits per heavy atom. The quantitative estimate of drug-likeness (QED) is 0.805. The van der Waals surface area contributed by atoms with E-state index in [1.807, 2.05) is 13.0 Å². The zero-order valence-corrected chi connectivity index (χ0v) is 8.74. The molecule has 0 radical (unpaired) electrons. The molecule has 0 amide bonds. The number of carboxylic acids is 1. The van der Waals surface area contributed by atoms with Gasteiger partial charge in [0.25, 0.3) is 0 Å². The van der Waals surface area contributed by atoms with Gasteiger partial charge in [0.05, 0.1) is 11.6 Å². The van der Waals surface area contributed by atoms with Crippen LogP contribution in [0, 0.1) is 11.3 Å². The van der Waals surface area contributed by atoms with Crippen LogP contribution in [0.1, 0.15) is 28.5 Å². The van der Waals surface area contributed by atoms with E-state index >= 15 is 0 Å². The second-order valence-electron chi connectivity index (χ2n) is 3.51. The van der Waals surface area contributed by atoms with Gasteiger partial charge in [-0.3, -0.25) is 0 Å². The molecule has 0 saturated carbocycles. The molecular weight excluding hydrogens is 204 g/mol. The molecular formula is C12H10N2O2. The number of hydrogen-bond donors (Lipinski definition) is 2. The van der Waals surface area contributed by atoms with Crippen LogP contribution < -0.4 is 0 Å². The molecule has 2 aromatic rings. The van der Waals surface area contributed by atoms with E-state index in [0.717, 1.165) is 10.9 Å². The van der Waals surface area contributed by atoms with Gasteiger partial charge in [0.1, 0.15) is 5.69 Å². The van der Waals surface area contributed by atoms with Gasteiger partial charge in [-0.05, 0) is 24.1 Å². The van der Waals surface area contributed by atoms with E-state index in [1.165, 1.54) is 0 Å². The molecule has 0 spiro atoms. The smallest absolute Gasteiger partial charge is 0.352 e. The van der Waals surface area contributed by atoms with Crippen LogP contribution in [-0.2, 0) is 6.42 Å². The van der Waals surface area contributed by atoms with Crippen LogP contribution in [0.4, 0.5) is 0 Å². The molecule has 4 heteroatoms. The molecule has 1 heterocycles. The average Bonchev–Trinajstić information content (AvgIpc) is 2.66. The third-order valence-electron chi connectivity index (χ3n) is 2.60. The Balaban J connectivity index is 2.77. The Labute approximate surface area is 92.1 Å². The lowest BCUT2D eigenvalue weighted by molar-refractivity contribution is 0.0690. The van der Waals surface area contributed by atoms with Gasteiger partial charge in [0, 0.05) is 10.9 Å². The number of carboxylic acid groups (broad SMARTS) is 1. The predicted molar refractivity (Wildman–Crippen MR) is 59.4 cm³/mol. The normalized spacial score (nSPS) is 10.2. The average molecular weight is 214 g/mol. The first-order valence-corrected chi connectivity index (χ1v) is 4.95. The lowest BCUT2D eigenvalue weighted by Crippen LogP contribution is -2.00. The first kappa shape index (κ1) is 10.2. The summed E-state index contributed by atoms with van der Waals surface area (Å²) >= 11 is 0. The predicted octanol–water partition coefficient (Wildman–Crippen LogP) is 2.30. The van der Waals surface area contributed by atoms with E-state index in [-0.39, 0.29) is 5.69 Å². The van der Waals surface area contributed by atoms with E-state index in [4.69, 9.17) is 10.4 Å². The van der Waals surface area contributed by atoms with Crippen molar-refractivity contribution in [2.75, 3.05) is 0 Å². The number of aromatic nitrogens is 1. The molecule has 0 fully saturated rings. The lowest BCUT2D eigenvalue weighted by atomic mass is 10.1. The fraction of sp³-hybridized carbons (Fsp3) is 0.167. The number of nitrogens with one attached hydrogen (secondary N) is 1. The van der Waals surface area contributed by atoms with Crippen LogP contribution in [0.2, 0.25) is 0 Å². The lowest BCUT2D eigenvalue weighted by Gasteiger charge is -1.95. The molecule has 1 aromatic heterocycles. The molecule has 0 unspecified atom stereocenters. The molecule has 16 heavy (non-hydrogen) atoms. The first-order chi connectivity index (χ1) is 7.67. The molecule has 2 rings (SSSR count). The SMILES string of the molecule is CCc1c(C(=O)O)[nH]c2cc(C#N)ccc12. The highest BCUT2D eigenvalue weighted by atomic mass is 16.4.